The van der Waals surface area contributed by atoms with Gasteiger partial charge in [-0.25, -0.2) is 5.01 Å². The molecule has 0 saturated heterocycles. The Kier molecular flexibility index (Phi) is 5.46. The number of benzene rings is 2. The summed E-state index contributed by atoms with van der Waals surface area (Å²) in [7, 11) is 0. The zero-order chi connectivity index (χ0) is 18.5. The van der Waals surface area contributed by atoms with E-state index in [9.17, 15) is 9.59 Å². The minimum absolute atomic E-state index is 0.119. The maximum atomic E-state index is 12.3. The minimum Gasteiger partial charge on any atom is -0.326 e. The first kappa shape index (κ1) is 17.9. The molecule has 5 nitrogen and oxygen atoms in total. The highest BCUT2D eigenvalue weighted by atomic mass is 16.2. The molecule has 0 aliphatic carbocycles. The summed E-state index contributed by atoms with van der Waals surface area (Å²) in [5.74, 6) is -0.278. The summed E-state index contributed by atoms with van der Waals surface area (Å²) < 4.78 is 0. The van der Waals surface area contributed by atoms with Crippen molar-refractivity contribution in [3.05, 3.63) is 65.2 Å². The van der Waals surface area contributed by atoms with Gasteiger partial charge in [-0.2, -0.15) is 5.10 Å². The van der Waals surface area contributed by atoms with Gasteiger partial charge in [-0.15, -0.1) is 0 Å². The monoisotopic (exact) mass is 349 g/mol. The molecule has 134 valence electrons. The highest BCUT2D eigenvalue weighted by Gasteiger charge is 2.21. The minimum atomic E-state index is -0.159. The fourth-order valence-corrected chi connectivity index (χ4v) is 2.86. The molecule has 1 N–H and O–H groups in total. The molecule has 0 aromatic heterocycles. The van der Waals surface area contributed by atoms with Crippen LogP contribution in [0, 0.1) is 13.8 Å². The molecule has 2 aromatic rings. The van der Waals surface area contributed by atoms with Crippen molar-refractivity contribution in [2.24, 2.45) is 5.10 Å². The molecule has 3 rings (SSSR count). The number of hydrogen-bond acceptors (Lipinski definition) is 3. The van der Waals surface area contributed by atoms with E-state index in [1.165, 1.54) is 10.6 Å². The number of nitrogens with one attached hydrogen (secondary N) is 1. The second-order valence-corrected chi connectivity index (χ2v) is 6.53. The smallest absolute Gasteiger partial charge is 0.243 e. The van der Waals surface area contributed by atoms with E-state index < -0.39 is 0 Å². The lowest BCUT2D eigenvalue weighted by Crippen LogP contribution is -2.25. The molecule has 1 aliphatic rings. The predicted octanol–water partition coefficient (Wildman–Crippen LogP) is 3.66. The van der Waals surface area contributed by atoms with E-state index in [0.717, 1.165) is 28.9 Å². The van der Waals surface area contributed by atoms with Crippen LogP contribution in [-0.2, 0) is 9.59 Å². The van der Waals surface area contributed by atoms with Crippen molar-refractivity contribution in [2.75, 3.05) is 11.9 Å². The average Bonchev–Trinajstić information content (AvgIpc) is 3.14. The summed E-state index contributed by atoms with van der Waals surface area (Å²) >= 11 is 0. The van der Waals surface area contributed by atoms with E-state index in [1.807, 2.05) is 62.4 Å². The molecular formula is C21H23N3O2. The van der Waals surface area contributed by atoms with E-state index in [0.29, 0.717) is 6.54 Å². The first-order valence-corrected chi connectivity index (χ1v) is 8.83. The summed E-state index contributed by atoms with van der Waals surface area (Å²) in [5, 5.41) is 8.73. The molecular weight excluding hydrogens is 326 g/mol. The molecule has 0 atom stereocenters. The summed E-state index contributed by atoms with van der Waals surface area (Å²) in [6.07, 6.45) is 1.05. The van der Waals surface area contributed by atoms with Crippen LogP contribution in [0.15, 0.2) is 53.6 Å². The molecule has 2 aromatic carbocycles. The molecule has 0 saturated carbocycles. The van der Waals surface area contributed by atoms with Crippen molar-refractivity contribution >= 4 is 23.2 Å². The van der Waals surface area contributed by atoms with Crippen LogP contribution in [0.1, 0.15) is 36.0 Å². The fraction of sp³-hybridized carbons (Fsp3) is 0.286. The molecule has 0 spiro atoms. The Labute approximate surface area is 153 Å². The zero-order valence-corrected chi connectivity index (χ0v) is 15.2. The van der Waals surface area contributed by atoms with Crippen molar-refractivity contribution < 1.29 is 9.59 Å². The summed E-state index contributed by atoms with van der Waals surface area (Å²) in [6, 6.07) is 15.6. The highest BCUT2D eigenvalue weighted by Crippen LogP contribution is 2.16. The van der Waals surface area contributed by atoms with Crippen LogP contribution in [0.3, 0.4) is 0 Å². The van der Waals surface area contributed by atoms with Crippen LogP contribution >= 0.6 is 0 Å². The second kappa shape index (κ2) is 7.95. The fourth-order valence-electron chi connectivity index (χ4n) is 2.86. The lowest BCUT2D eigenvalue weighted by molar-refractivity contribution is -0.132. The number of amides is 2. The molecule has 0 fully saturated rings. The molecule has 1 heterocycles. The SMILES string of the molecule is Cc1ccc(NC(=O)CCC(=O)N2CCC(c3ccccc3)=N2)cc1C. The molecule has 0 bridgehead atoms. The van der Waals surface area contributed by atoms with Gasteiger partial charge in [0.05, 0.1) is 12.3 Å². The predicted molar refractivity (Wildman–Crippen MR) is 103 cm³/mol. The van der Waals surface area contributed by atoms with Crippen molar-refractivity contribution in [1.29, 1.82) is 0 Å². The average molecular weight is 349 g/mol. The van der Waals surface area contributed by atoms with Gasteiger partial charge in [0, 0.05) is 24.9 Å². The summed E-state index contributed by atoms with van der Waals surface area (Å²) in [6.45, 7) is 4.60. The van der Waals surface area contributed by atoms with Gasteiger partial charge in [0.25, 0.3) is 0 Å². The van der Waals surface area contributed by atoms with Gasteiger partial charge in [0.1, 0.15) is 0 Å². The molecule has 2 amide bonds. The number of nitrogens with zero attached hydrogens (tertiary/aromatic N) is 2. The van der Waals surface area contributed by atoms with E-state index in [-0.39, 0.29) is 24.7 Å². The topological polar surface area (TPSA) is 61.8 Å². The maximum Gasteiger partial charge on any atom is 0.243 e. The Morgan fingerprint density at radius 3 is 2.54 bits per heavy atom. The molecule has 0 unspecified atom stereocenters. The summed E-state index contributed by atoms with van der Waals surface area (Å²) in [4.78, 5) is 24.4. The van der Waals surface area contributed by atoms with Crippen molar-refractivity contribution in [3.63, 3.8) is 0 Å². The third-order valence-corrected chi connectivity index (χ3v) is 4.55. The first-order chi connectivity index (χ1) is 12.5. The molecule has 1 aliphatic heterocycles. The van der Waals surface area contributed by atoms with E-state index in [1.54, 1.807) is 0 Å². The number of anilines is 1. The number of carbonyl (C=O) groups is 2. The van der Waals surface area contributed by atoms with E-state index in [2.05, 4.69) is 10.4 Å². The van der Waals surface area contributed by atoms with Gasteiger partial charge < -0.3 is 5.32 Å². The second-order valence-electron chi connectivity index (χ2n) is 6.53. The van der Waals surface area contributed by atoms with Crippen molar-refractivity contribution in [1.82, 2.24) is 5.01 Å². The van der Waals surface area contributed by atoms with Crippen molar-refractivity contribution in [2.45, 2.75) is 33.1 Å². The van der Waals surface area contributed by atoms with E-state index >= 15 is 0 Å². The first-order valence-electron chi connectivity index (χ1n) is 8.83. The zero-order valence-electron chi connectivity index (χ0n) is 15.2. The van der Waals surface area contributed by atoms with E-state index in [4.69, 9.17) is 0 Å². The van der Waals surface area contributed by atoms with Gasteiger partial charge in [-0.3, -0.25) is 9.59 Å². The number of carbonyl (C=O) groups excluding carboxylic acids is 2. The summed E-state index contributed by atoms with van der Waals surface area (Å²) in [5.41, 5.74) is 5.02. The van der Waals surface area contributed by atoms with Gasteiger partial charge in [-0.1, -0.05) is 36.4 Å². The van der Waals surface area contributed by atoms with Crippen molar-refractivity contribution in [3.8, 4) is 0 Å². The number of hydrogen-bond donors (Lipinski definition) is 1. The lowest BCUT2D eigenvalue weighted by atomic mass is 10.1. The Morgan fingerprint density at radius 1 is 1.04 bits per heavy atom. The third-order valence-electron chi connectivity index (χ3n) is 4.55. The standard InChI is InChI=1S/C21H23N3O2/c1-15-8-9-18(14-16(15)2)22-20(25)10-11-21(26)24-13-12-19(23-24)17-6-4-3-5-7-17/h3-9,14H,10-13H2,1-2H3,(H,22,25). The van der Waals surface area contributed by atoms with Gasteiger partial charge in [0.15, 0.2) is 0 Å². The third kappa shape index (κ3) is 4.36. The Balaban J connectivity index is 1.51. The van der Waals surface area contributed by atoms with Gasteiger partial charge >= 0.3 is 0 Å². The van der Waals surface area contributed by atoms with Crippen LogP contribution in [0.4, 0.5) is 5.69 Å². The largest absolute Gasteiger partial charge is 0.326 e. The van der Waals surface area contributed by atoms with Crippen LogP contribution in [0.5, 0.6) is 0 Å². The Hall–Kier alpha value is -2.95. The maximum absolute atomic E-state index is 12.3. The van der Waals surface area contributed by atoms with Crippen LogP contribution < -0.4 is 5.32 Å². The quantitative estimate of drug-likeness (QED) is 0.895. The van der Waals surface area contributed by atoms with Crippen LogP contribution in [-0.4, -0.2) is 29.1 Å². The van der Waals surface area contributed by atoms with Gasteiger partial charge in [0.2, 0.25) is 11.8 Å². The molecule has 5 heteroatoms. The Bertz CT molecular complexity index is 844. The number of aryl methyl sites for hydroxylation is 2. The number of hydrazone groups is 1. The normalized spacial score (nSPS) is 13.5. The highest BCUT2D eigenvalue weighted by molar-refractivity contribution is 6.02. The lowest BCUT2D eigenvalue weighted by Gasteiger charge is -2.11. The molecule has 26 heavy (non-hydrogen) atoms. The van der Waals surface area contributed by atoms with Crippen LogP contribution in [0.2, 0.25) is 0 Å². The number of rotatable bonds is 5. The van der Waals surface area contributed by atoms with Gasteiger partial charge in [-0.05, 0) is 42.7 Å². The van der Waals surface area contributed by atoms with Crippen LogP contribution in [0.25, 0.3) is 0 Å². The Morgan fingerprint density at radius 2 is 1.81 bits per heavy atom. The molecule has 0 radical (unpaired) electrons.